The Labute approximate surface area is 118 Å². The molecule has 0 fully saturated rings. The van der Waals surface area contributed by atoms with Crippen LogP contribution in [0.1, 0.15) is 13.8 Å². The minimum Gasteiger partial charge on any atom is -0.395 e. The highest BCUT2D eigenvalue weighted by atomic mass is 32.2. The van der Waals surface area contributed by atoms with Crippen molar-refractivity contribution in [1.82, 2.24) is 9.29 Å². The van der Waals surface area contributed by atoms with Gasteiger partial charge < -0.3 is 5.11 Å². The third-order valence-electron chi connectivity index (χ3n) is 3.09. The minimum absolute atomic E-state index is 0.0800. The van der Waals surface area contributed by atoms with E-state index in [2.05, 4.69) is 4.98 Å². The third kappa shape index (κ3) is 2.67. The number of sulfonamides is 1. The van der Waals surface area contributed by atoms with Gasteiger partial charge in [0.25, 0.3) is 0 Å². The molecule has 0 unspecified atom stereocenters. The van der Waals surface area contributed by atoms with E-state index in [1.54, 1.807) is 50.4 Å². The highest BCUT2D eigenvalue weighted by Gasteiger charge is 2.28. The average molecular weight is 294 g/mol. The predicted molar refractivity (Wildman–Crippen MR) is 77.9 cm³/mol. The Morgan fingerprint density at radius 1 is 1.25 bits per heavy atom. The molecule has 1 heterocycles. The third-order valence-corrected chi connectivity index (χ3v) is 5.22. The van der Waals surface area contributed by atoms with E-state index in [0.29, 0.717) is 10.9 Å². The second-order valence-electron chi connectivity index (χ2n) is 4.76. The van der Waals surface area contributed by atoms with Crippen molar-refractivity contribution in [3.8, 4) is 0 Å². The number of benzene rings is 1. The summed E-state index contributed by atoms with van der Waals surface area (Å²) in [5.41, 5.74) is 0.640. The van der Waals surface area contributed by atoms with Gasteiger partial charge in [0.15, 0.2) is 0 Å². The second kappa shape index (κ2) is 5.87. The molecule has 1 aromatic carbocycles. The SMILES string of the molecule is CC(C)N(CCO)S(=O)(=O)c1cccc2ncccc12. The summed E-state index contributed by atoms with van der Waals surface area (Å²) >= 11 is 0. The van der Waals surface area contributed by atoms with Crippen molar-refractivity contribution in [2.24, 2.45) is 0 Å². The van der Waals surface area contributed by atoms with Crippen molar-refractivity contribution in [3.63, 3.8) is 0 Å². The summed E-state index contributed by atoms with van der Waals surface area (Å²) < 4.78 is 26.8. The van der Waals surface area contributed by atoms with E-state index in [9.17, 15) is 8.42 Å². The lowest BCUT2D eigenvalue weighted by atomic mass is 10.2. The number of rotatable bonds is 5. The van der Waals surface area contributed by atoms with E-state index < -0.39 is 10.0 Å². The first-order chi connectivity index (χ1) is 9.48. The van der Waals surface area contributed by atoms with Gasteiger partial charge >= 0.3 is 0 Å². The highest BCUT2D eigenvalue weighted by Crippen LogP contribution is 2.25. The van der Waals surface area contributed by atoms with Crippen LogP contribution >= 0.6 is 0 Å². The topological polar surface area (TPSA) is 70.5 Å². The number of fused-ring (bicyclic) bond motifs is 1. The number of hydrogen-bond acceptors (Lipinski definition) is 4. The Balaban J connectivity index is 2.62. The maximum Gasteiger partial charge on any atom is 0.244 e. The Bertz CT molecular complexity index is 693. The number of aliphatic hydroxyl groups excluding tert-OH is 1. The monoisotopic (exact) mass is 294 g/mol. The zero-order valence-corrected chi connectivity index (χ0v) is 12.3. The molecule has 0 amide bonds. The number of hydrogen-bond donors (Lipinski definition) is 1. The van der Waals surface area contributed by atoms with Crippen LogP contribution < -0.4 is 0 Å². The number of nitrogens with zero attached hydrogens (tertiary/aromatic N) is 2. The summed E-state index contributed by atoms with van der Waals surface area (Å²) in [5.74, 6) is 0. The van der Waals surface area contributed by atoms with Gasteiger partial charge in [0.05, 0.1) is 17.0 Å². The van der Waals surface area contributed by atoms with E-state index in [4.69, 9.17) is 5.11 Å². The Hall–Kier alpha value is -1.50. The number of aromatic nitrogens is 1. The van der Waals surface area contributed by atoms with Crippen LogP contribution in [0.5, 0.6) is 0 Å². The van der Waals surface area contributed by atoms with Gasteiger partial charge in [-0.15, -0.1) is 0 Å². The first-order valence-electron chi connectivity index (χ1n) is 6.45. The fourth-order valence-electron chi connectivity index (χ4n) is 2.18. The van der Waals surface area contributed by atoms with Crippen LogP contribution in [0.4, 0.5) is 0 Å². The molecule has 0 radical (unpaired) electrons. The second-order valence-corrected chi connectivity index (χ2v) is 6.62. The first kappa shape index (κ1) is 14.9. The molecule has 0 saturated heterocycles. The van der Waals surface area contributed by atoms with Crippen molar-refractivity contribution in [3.05, 3.63) is 36.5 Å². The van der Waals surface area contributed by atoms with Gasteiger partial charge in [-0.3, -0.25) is 4.98 Å². The van der Waals surface area contributed by atoms with E-state index in [1.807, 2.05) is 0 Å². The summed E-state index contributed by atoms with van der Waals surface area (Å²) in [6.07, 6.45) is 1.63. The van der Waals surface area contributed by atoms with Crippen LogP contribution in [0.25, 0.3) is 10.9 Å². The van der Waals surface area contributed by atoms with Crippen LogP contribution in [-0.4, -0.2) is 42.0 Å². The fraction of sp³-hybridized carbons (Fsp3) is 0.357. The lowest BCUT2D eigenvalue weighted by Gasteiger charge is -2.25. The van der Waals surface area contributed by atoms with Crippen LogP contribution in [0.3, 0.4) is 0 Å². The van der Waals surface area contributed by atoms with E-state index in [1.165, 1.54) is 4.31 Å². The van der Waals surface area contributed by atoms with Crippen LogP contribution in [-0.2, 0) is 10.0 Å². The standard InChI is InChI=1S/C14H18N2O3S/c1-11(2)16(9-10-17)20(18,19)14-7-3-6-13-12(14)5-4-8-15-13/h3-8,11,17H,9-10H2,1-2H3. The first-order valence-corrected chi connectivity index (χ1v) is 7.89. The van der Waals surface area contributed by atoms with Gasteiger partial charge in [-0.05, 0) is 38.1 Å². The van der Waals surface area contributed by atoms with Crippen molar-refractivity contribution in [1.29, 1.82) is 0 Å². The molecular formula is C14H18N2O3S. The van der Waals surface area contributed by atoms with Crippen LogP contribution in [0.2, 0.25) is 0 Å². The van der Waals surface area contributed by atoms with Gasteiger partial charge in [0.2, 0.25) is 10.0 Å². The van der Waals surface area contributed by atoms with Gasteiger partial charge in [-0.25, -0.2) is 8.42 Å². The molecule has 20 heavy (non-hydrogen) atoms. The molecule has 0 saturated carbocycles. The largest absolute Gasteiger partial charge is 0.395 e. The molecule has 0 bridgehead atoms. The Morgan fingerprint density at radius 2 is 2.00 bits per heavy atom. The lowest BCUT2D eigenvalue weighted by molar-refractivity contribution is 0.236. The smallest absolute Gasteiger partial charge is 0.244 e. The molecule has 108 valence electrons. The van der Waals surface area contributed by atoms with Gasteiger partial charge in [0, 0.05) is 24.2 Å². The van der Waals surface area contributed by atoms with Gasteiger partial charge in [-0.2, -0.15) is 4.31 Å². The zero-order valence-electron chi connectivity index (χ0n) is 11.5. The summed E-state index contributed by atoms with van der Waals surface area (Å²) in [6.45, 7) is 3.45. The average Bonchev–Trinajstić information content (AvgIpc) is 2.43. The molecule has 0 spiro atoms. The van der Waals surface area contributed by atoms with Crippen molar-refractivity contribution in [2.45, 2.75) is 24.8 Å². The Kier molecular flexibility index (Phi) is 4.37. The number of pyridine rings is 1. The van der Waals surface area contributed by atoms with Crippen molar-refractivity contribution in [2.75, 3.05) is 13.2 Å². The summed E-state index contributed by atoms with van der Waals surface area (Å²) in [7, 11) is -3.66. The molecular weight excluding hydrogens is 276 g/mol. The maximum absolute atomic E-state index is 12.8. The quantitative estimate of drug-likeness (QED) is 0.910. The molecule has 2 rings (SSSR count). The molecule has 5 nitrogen and oxygen atoms in total. The predicted octanol–water partition coefficient (Wildman–Crippen LogP) is 1.63. The molecule has 0 atom stereocenters. The van der Waals surface area contributed by atoms with Gasteiger partial charge in [-0.1, -0.05) is 6.07 Å². The number of aliphatic hydroxyl groups is 1. The van der Waals surface area contributed by atoms with Crippen LogP contribution in [0.15, 0.2) is 41.4 Å². The van der Waals surface area contributed by atoms with E-state index in [-0.39, 0.29) is 24.1 Å². The molecule has 1 aromatic heterocycles. The van der Waals surface area contributed by atoms with Crippen LogP contribution in [0, 0.1) is 0 Å². The Morgan fingerprint density at radius 3 is 2.65 bits per heavy atom. The van der Waals surface area contributed by atoms with Crippen molar-refractivity contribution >= 4 is 20.9 Å². The summed E-state index contributed by atoms with van der Waals surface area (Å²) in [6, 6.07) is 8.27. The van der Waals surface area contributed by atoms with Crippen molar-refractivity contribution < 1.29 is 13.5 Å². The molecule has 2 aromatic rings. The fourth-order valence-corrected chi connectivity index (χ4v) is 4.01. The summed E-state index contributed by atoms with van der Waals surface area (Å²) in [5, 5.41) is 9.69. The zero-order chi connectivity index (χ0) is 14.8. The normalized spacial score (nSPS) is 12.4. The van der Waals surface area contributed by atoms with E-state index >= 15 is 0 Å². The molecule has 0 aliphatic rings. The molecule has 0 aliphatic heterocycles. The maximum atomic E-state index is 12.8. The summed E-state index contributed by atoms with van der Waals surface area (Å²) in [4.78, 5) is 4.40. The molecule has 1 N–H and O–H groups in total. The van der Waals surface area contributed by atoms with E-state index in [0.717, 1.165) is 0 Å². The highest BCUT2D eigenvalue weighted by molar-refractivity contribution is 7.89. The minimum atomic E-state index is -3.66. The molecule has 0 aliphatic carbocycles. The lowest BCUT2D eigenvalue weighted by Crippen LogP contribution is -2.39. The van der Waals surface area contributed by atoms with Gasteiger partial charge in [0.1, 0.15) is 0 Å². The molecule has 6 heteroatoms.